The van der Waals surface area contributed by atoms with Crippen LogP contribution in [0.15, 0.2) is 30.3 Å². The van der Waals surface area contributed by atoms with E-state index in [0.29, 0.717) is 13.0 Å². The highest BCUT2D eigenvalue weighted by molar-refractivity contribution is 5.81. The molecule has 0 saturated heterocycles. The number of hydrogen-bond acceptors (Lipinski definition) is 3. The molecule has 1 aromatic rings. The van der Waals surface area contributed by atoms with Crippen LogP contribution in [0.4, 0.5) is 0 Å². The minimum absolute atomic E-state index is 0.179. The van der Waals surface area contributed by atoms with Crippen LogP contribution >= 0.6 is 0 Å². The molecule has 21 heavy (non-hydrogen) atoms. The lowest BCUT2D eigenvalue weighted by atomic mass is 9.89. The normalized spacial score (nSPS) is 20.0. The van der Waals surface area contributed by atoms with E-state index in [-0.39, 0.29) is 11.3 Å². The number of rotatable bonds is 6. The predicted octanol–water partition coefficient (Wildman–Crippen LogP) is 1.61. The third kappa shape index (κ3) is 4.55. The van der Waals surface area contributed by atoms with Gasteiger partial charge in [0, 0.05) is 12.6 Å². The molecular formula is C17H26N2O2. The Morgan fingerprint density at radius 2 is 1.95 bits per heavy atom. The van der Waals surface area contributed by atoms with Gasteiger partial charge in [0.2, 0.25) is 5.91 Å². The molecule has 2 rings (SSSR count). The van der Waals surface area contributed by atoms with Gasteiger partial charge < -0.3 is 16.2 Å². The van der Waals surface area contributed by atoms with E-state index in [1.807, 2.05) is 30.3 Å². The zero-order valence-corrected chi connectivity index (χ0v) is 12.7. The molecule has 1 aliphatic rings. The minimum Gasteiger partial charge on any atom is -0.382 e. The summed E-state index contributed by atoms with van der Waals surface area (Å²) < 4.78 is 0. The van der Waals surface area contributed by atoms with Gasteiger partial charge in [-0.15, -0.1) is 0 Å². The highest BCUT2D eigenvalue weighted by atomic mass is 16.3. The molecule has 4 heteroatoms. The number of carbonyl (C=O) groups is 1. The van der Waals surface area contributed by atoms with Crippen LogP contribution in [0.5, 0.6) is 0 Å². The van der Waals surface area contributed by atoms with Crippen LogP contribution in [-0.2, 0) is 11.2 Å². The van der Waals surface area contributed by atoms with Gasteiger partial charge in [-0.05, 0) is 30.2 Å². The van der Waals surface area contributed by atoms with Crippen LogP contribution < -0.4 is 11.1 Å². The van der Waals surface area contributed by atoms with Crippen molar-refractivity contribution in [1.29, 1.82) is 0 Å². The lowest BCUT2D eigenvalue weighted by Crippen LogP contribution is -2.49. The Kier molecular flexibility index (Phi) is 5.37. The molecule has 0 radical (unpaired) electrons. The molecule has 0 aliphatic heterocycles. The van der Waals surface area contributed by atoms with Gasteiger partial charge in [0.05, 0.1) is 0 Å². The second-order valence-corrected chi connectivity index (χ2v) is 6.53. The first-order valence-electron chi connectivity index (χ1n) is 7.75. The number of amides is 1. The lowest BCUT2D eigenvalue weighted by molar-refractivity contribution is -0.130. The third-order valence-electron chi connectivity index (χ3n) is 4.49. The Labute approximate surface area is 126 Å². The Morgan fingerprint density at radius 1 is 1.33 bits per heavy atom. The van der Waals surface area contributed by atoms with E-state index >= 15 is 0 Å². The van der Waals surface area contributed by atoms with Gasteiger partial charge in [0.25, 0.3) is 0 Å². The van der Waals surface area contributed by atoms with E-state index in [1.54, 1.807) is 0 Å². The molecule has 0 bridgehead atoms. The minimum atomic E-state index is -1.16. The fraction of sp³-hybridized carbons (Fsp3) is 0.588. The van der Waals surface area contributed by atoms with Gasteiger partial charge in [-0.2, -0.15) is 0 Å². The van der Waals surface area contributed by atoms with Crippen LogP contribution in [0.2, 0.25) is 0 Å². The average Bonchev–Trinajstić information content (AvgIpc) is 2.92. The van der Waals surface area contributed by atoms with Crippen LogP contribution in [0.25, 0.3) is 0 Å². The highest BCUT2D eigenvalue weighted by Crippen LogP contribution is 2.36. The first-order valence-corrected chi connectivity index (χ1v) is 7.75. The molecule has 0 spiro atoms. The number of aliphatic hydroxyl groups is 1. The Bertz CT molecular complexity index is 455. The first kappa shape index (κ1) is 16.0. The summed E-state index contributed by atoms with van der Waals surface area (Å²) in [7, 11) is 0. The maximum atomic E-state index is 12.0. The maximum Gasteiger partial charge on any atom is 0.250 e. The number of carbonyl (C=O) groups excluding carboxylic acids is 1. The van der Waals surface area contributed by atoms with E-state index in [2.05, 4.69) is 12.2 Å². The summed E-state index contributed by atoms with van der Waals surface area (Å²) in [4.78, 5) is 12.0. The lowest BCUT2D eigenvalue weighted by Gasteiger charge is -2.25. The number of nitrogens with one attached hydrogen (secondary N) is 1. The molecule has 116 valence electrons. The molecule has 1 unspecified atom stereocenters. The van der Waals surface area contributed by atoms with E-state index in [9.17, 15) is 9.90 Å². The van der Waals surface area contributed by atoms with Crippen molar-refractivity contribution in [2.24, 2.45) is 11.1 Å². The van der Waals surface area contributed by atoms with Crippen molar-refractivity contribution in [2.75, 3.05) is 6.54 Å². The summed E-state index contributed by atoms with van der Waals surface area (Å²) in [5.41, 5.74) is 7.16. The van der Waals surface area contributed by atoms with E-state index in [1.165, 1.54) is 12.8 Å². The molecule has 1 saturated carbocycles. The Morgan fingerprint density at radius 3 is 2.57 bits per heavy atom. The second-order valence-electron chi connectivity index (χ2n) is 6.53. The summed E-state index contributed by atoms with van der Waals surface area (Å²) in [5.74, 6) is -0.355. The van der Waals surface area contributed by atoms with Gasteiger partial charge in [-0.3, -0.25) is 4.79 Å². The number of benzene rings is 1. The quantitative estimate of drug-likeness (QED) is 0.745. The van der Waals surface area contributed by atoms with E-state index in [0.717, 1.165) is 18.4 Å². The Hall–Kier alpha value is -1.39. The van der Waals surface area contributed by atoms with E-state index < -0.39 is 12.1 Å². The molecule has 0 heterocycles. The van der Waals surface area contributed by atoms with E-state index in [4.69, 9.17) is 5.73 Å². The second kappa shape index (κ2) is 7.05. The molecule has 4 N–H and O–H groups in total. The van der Waals surface area contributed by atoms with Crippen molar-refractivity contribution in [3.05, 3.63) is 35.9 Å². The highest BCUT2D eigenvalue weighted by Gasteiger charge is 2.30. The number of aliphatic hydroxyl groups excluding tert-OH is 1. The number of hydrogen-bond donors (Lipinski definition) is 3. The average molecular weight is 290 g/mol. The van der Waals surface area contributed by atoms with Crippen molar-refractivity contribution < 1.29 is 9.90 Å². The monoisotopic (exact) mass is 290 g/mol. The van der Waals surface area contributed by atoms with Gasteiger partial charge >= 0.3 is 0 Å². The van der Waals surface area contributed by atoms with Gasteiger partial charge in [0.15, 0.2) is 0 Å². The van der Waals surface area contributed by atoms with Crippen molar-refractivity contribution in [3.63, 3.8) is 0 Å². The fourth-order valence-corrected chi connectivity index (χ4v) is 3.00. The van der Waals surface area contributed by atoms with Gasteiger partial charge in [0.1, 0.15) is 6.10 Å². The van der Waals surface area contributed by atoms with Crippen molar-refractivity contribution >= 4 is 5.91 Å². The molecule has 1 aromatic carbocycles. The van der Waals surface area contributed by atoms with Crippen LogP contribution in [-0.4, -0.2) is 29.7 Å². The van der Waals surface area contributed by atoms with Crippen molar-refractivity contribution in [3.8, 4) is 0 Å². The fourth-order valence-electron chi connectivity index (χ4n) is 3.00. The molecule has 2 atom stereocenters. The zero-order valence-electron chi connectivity index (χ0n) is 12.7. The SMILES string of the molecule is CC1(CNC(=O)C(O)[C@@H](N)Cc2ccccc2)CCCC1. The molecule has 4 nitrogen and oxygen atoms in total. The van der Waals surface area contributed by atoms with Gasteiger partial charge in [-0.25, -0.2) is 0 Å². The molecule has 1 amide bonds. The van der Waals surface area contributed by atoms with Crippen molar-refractivity contribution in [1.82, 2.24) is 5.32 Å². The smallest absolute Gasteiger partial charge is 0.250 e. The third-order valence-corrected chi connectivity index (χ3v) is 4.49. The topological polar surface area (TPSA) is 75.3 Å². The number of nitrogens with two attached hydrogens (primary N) is 1. The predicted molar refractivity (Wildman–Crippen MR) is 83.7 cm³/mol. The van der Waals surface area contributed by atoms with Gasteiger partial charge in [-0.1, -0.05) is 50.1 Å². The summed E-state index contributed by atoms with van der Waals surface area (Å²) >= 11 is 0. The largest absolute Gasteiger partial charge is 0.382 e. The Balaban J connectivity index is 1.81. The van der Waals surface area contributed by atoms with Crippen LogP contribution in [0.3, 0.4) is 0 Å². The van der Waals surface area contributed by atoms with Crippen molar-refractivity contribution in [2.45, 2.75) is 51.2 Å². The molecular weight excluding hydrogens is 264 g/mol. The maximum absolute atomic E-state index is 12.0. The molecule has 1 aliphatic carbocycles. The first-order chi connectivity index (χ1) is 10.0. The van der Waals surface area contributed by atoms with Crippen LogP contribution in [0, 0.1) is 5.41 Å². The van der Waals surface area contributed by atoms with Crippen LogP contribution in [0.1, 0.15) is 38.2 Å². The summed E-state index contributed by atoms with van der Waals surface area (Å²) in [6.45, 7) is 2.82. The molecule has 1 fully saturated rings. The summed E-state index contributed by atoms with van der Waals surface area (Å²) in [5, 5.41) is 12.9. The summed E-state index contributed by atoms with van der Waals surface area (Å²) in [6, 6.07) is 9.10. The summed E-state index contributed by atoms with van der Waals surface area (Å²) in [6.07, 6.45) is 4.06. The zero-order chi connectivity index (χ0) is 15.3. The molecule has 0 aromatic heterocycles. The standard InChI is InChI=1S/C17H26N2O2/c1-17(9-5-6-10-17)12-19-16(21)15(20)14(18)11-13-7-3-2-4-8-13/h2-4,7-8,14-15,20H,5-6,9-12,18H2,1H3,(H,19,21)/t14-,15?/m0/s1.